The minimum absolute atomic E-state index is 0.0351. The maximum atomic E-state index is 14.0. The number of alkyl carbamates (subject to hydrolysis) is 1. The molecule has 3 amide bonds. The van der Waals surface area contributed by atoms with Crippen LogP contribution in [0, 0.1) is 20.8 Å². The third-order valence-corrected chi connectivity index (χ3v) is 9.56. The number of rotatable bonds is 10. The Morgan fingerprint density at radius 3 is 1.94 bits per heavy atom. The van der Waals surface area contributed by atoms with E-state index in [1.54, 1.807) is 60.0 Å². The molecule has 0 aromatic heterocycles. The van der Waals surface area contributed by atoms with Gasteiger partial charge in [0.2, 0.25) is 5.91 Å². The van der Waals surface area contributed by atoms with Gasteiger partial charge in [0.05, 0.1) is 0 Å². The highest BCUT2D eigenvalue weighted by atomic mass is 32.2. The van der Waals surface area contributed by atoms with Gasteiger partial charge in [-0.25, -0.2) is 4.79 Å². The number of amides is 3. The molecule has 0 spiro atoms. The molecule has 1 aliphatic heterocycles. The van der Waals surface area contributed by atoms with Crippen molar-refractivity contribution >= 4 is 28.0 Å². The number of ether oxygens (including phenoxy) is 1. The minimum atomic E-state index is -4.06. The Hall–Kier alpha value is -5.16. The van der Waals surface area contributed by atoms with Crippen molar-refractivity contribution < 1.29 is 31.7 Å². The van der Waals surface area contributed by atoms with Crippen LogP contribution in [0.5, 0.6) is 5.75 Å². The number of benzene rings is 4. The van der Waals surface area contributed by atoms with Crippen LogP contribution in [-0.2, 0) is 32.7 Å². The molecule has 48 heavy (non-hydrogen) atoms. The molecule has 4 aromatic carbocycles. The molecule has 0 bridgehead atoms. The van der Waals surface area contributed by atoms with Gasteiger partial charge in [-0.2, -0.15) is 8.42 Å². The maximum absolute atomic E-state index is 14.0. The molecule has 1 saturated heterocycles. The number of hydrogen-bond acceptors (Lipinski definition) is 7. The average molecular weight is 670 g/mol. The number of nitrogens with zero attached hydrogens (tertiary/aromatic N) is 2. The fraction of sp³-hybridized carbons (Fsp3) is 0.270. The number of piperazine rings is 1. The highest BCUT2D eigenvalue weighted by Gasteiger charge is 2.32. The molecule has 1 aliphatic rings. The van der Waals surface area contributed by atoms with Crippen molar-refractivity contribution in [3.8, 4) is 5.75 Å². The van der Waals surface area contributed by atoms with Gasteiger partial charge < -0.3 is 24.0 Å². The molecule has 0 aliphatic carbocycles. The van der Waals surface area contributed by atoms with Crippen LogP contribution < -0.4 is 9.50 Å². The predicted octanol–water partition coefficient (Wildman–Crippen LogP) is 5.20. The Balaban J connectivity index is 1.31. The summed E-state index contributed by atoms with van der Waals surface area (Å²) in [6.45, 7) is 6.81. The molecule has 0 radical (unpaired) electrons. The molecule has 4 aromatic rings. The molecule has 0 saturated carbocycles. The molecule has 250 valence electrons. The number of hydrogen-bond donors (Lipinski definition) is 1. The summed E-state index contributed by atoms with van der Waals surface area (Å²) in [5.41, 5.74) is 4.46. The molecule has 10 nitrogen and oxygen atoms in total. The molecular weight excluding hydrogens is 630 g/mol. The third-order valence-electron chi connectivity index (χ3n) is 8.30. The van der Waals surface area contributed by atoms with Gasteiger partial charge >= 0.3 is 16.2 Å². The van der Waals surface area contributed by atoms with Gasteiger partial charge in [0.15, 0.2) is 0 Å². The van der Waals surface area contributed by atoms with Gasteiger partial charge in [-0.3, -0.25) is 9.59 Å². The first-order chi connectivity index (χ1) is 23.0. The molecule has 5 rings (SSSR count). The zero-order valence-corrected chi connectivity index (χ0v) is 28.0. The van der Waals surface area contributed by atoms with E-state index in [4.69, 9.17) is 8.92 Å². The number of aryl methyl sites for hydroxylation is 3. The Bertz CT molecular complexity index is 1830. The van der Waals surface area contributed by atoms with Gasteiger partial charge in [0.1, 0.15) is 23.3 Å². The maximum Gasteiger partial charge on any atom is 0.408 e. The Labute approximate surface area is 281 Å². The van der Waals surface area contributed by atoms with E-state index < -0.39 is 22.3 Å². The van der Waals surface area contributed by atoms with E-state index in [2.05, 4.69) is 5.32 Å². The zero-order valence-electron chi connectivity index (χ0n) is 27.2. The van der Waals surface area contributed by atoms with Gasteiger partial charge in [-0.05, 0) is 79.4 Å². The van der Waals surface area contributed by atoms with Crippen LogP contribution in [0.25, 0.3) is 0 Å². The van der Waals surface area contributed by atoms with Crippen molar-refractivity contribution in [2.45, 2.75) is 44.7 Å². The first-order valence-electron chi connectivity index (χ1n) is 15.7. The fourth-order valence-corrected chi connectivity index (χ4v) is 6.54. The summed E-state index contributed by atoms with van der Waals surface area (Å²) in [4.78, 5) is 43.3. The number of carbonyl (C=O) groups is 3. The van der Waals surface area contributed by atoms with Crippen LogP contribution in [0.15, 0.2) is 102 Å². The van der Waals surface area contributed by atoms with Crippen LogP contribution in [0.1, 0.15) is 38.2 Å². The Morgan fingerprint density at radius 1 is 0.771 bits per heavy atom. The van der Waals surface area contributed by atoms with E-state index >= 15 is 0 Å². The second kappa shape index (κ2) is 15.2. The SMILES string of the molecule is Cc1ccc(S(=O)(=O)Oc2cc(C)c(CC(NC(=O)OCc3ccccc3)C(=O)N3CCN(C(=O)c4ccccc4)CC3)c(C)c2)cc1. The van der Waals surface area contributed by atoms with Crippen molar-refractivity contribution in [2.24, 2.45) is 0 Å². The van der Waals surface area contributed by atoms with Crippen molar-refractivity contribution in [1.29, 1.82) is 0 Å². The fourth-order valence-electron chi connectivity index (χ4n) is 5.63. The quantitative estimate of drug-likeness (QED) is 0.230. The molecule has 1 N–H and O–H groups in total. The second-order valence-electron chi connectivity index (χ2n) is 11.8. The summed E-state index contributed by atoms with van der Waals surface area (Å²) in [6.07, 6.45) is -0.611. The summed E-state index contributed by atoms with van der Waals surface area (Å²) in [7, 11) is -4.06. The molecule has 11 heteroatoms. The average Bonchev–Trinajstić information content (AvgIpc) is 3.08. The predicted molar refractivity (Wildman–Crippen MR) is 181 cm³/mol. The summed E-state index contributed by atoms with van der Waals surface area (Å²) in [5, 5.41) is 2.77. The smallest absolute Gasteiger partial charge is 0.408 e. The third kappa shape index (κ3) is 8.60. The van der Waals surface area contributed by atoms with Crippen molar-refractivity contribution in [1.82, 2.24) is 15.1 Å². The van der Waals surface area contributed by atoms with E-state index in [9.17, 15) is 22.8 Å². The van der Waals surface area contributed by atoms with Gasteiger partial charge in [-0.15, -0.1) is 0 Å². The van der Waals surface area contributed by atoms with E-state index in [0.29, 0.717) is 42.9 Å². The normalized spacial score (nSPS) is 13.8. The van der Waals surface area contributed by atoms with E-state index in [1.807, 2.05) is 55.5 Å². The minimum Gasteiger partial charge on any atom is -0.445 e. The lowest BCUT2D eigenvalue weighted by molar-refractivity contribution is -0.134. The first kappa shape index (κ1) is 34.2. The summed E-state index contributed by atoms with van der Waals surface area (Å²) < 4.78 is 36.8. The van der Waals surface area contributed by atoms with Crippen LogP contribution in [0.4, 0.5) is 4.79 Å². The summed E-state index contributed by atoms with van der Waals surface area (Å²) >= 11 is 0. The lowest BCUT2D eigenvalue weighted by atomic mass is 9.95. The number of carbonyl (C=O) groups excluding carboxylic acids is 3. The highest BCUT2D eigenvalue weighted by molar-refractivity contribution is 7.87. The summed E-state index contributed by atoms with van der Waals surface area (Å²) in [6, 6.07) is 26.8. The zero-order chi connectivity index (χ0) is 34.3. The van der Waals surface area contributed by atoms with Crippen LogP contribution >= 0.6 is 0 Å². The Kier molecular flexibility index (Phi) is 10.8. The molecule has 1 fully saturated rings. The van der Waals surface area contributed by atoms with Crippen LogP contribution in [0.3, 0.4) is 0 Å². The first-order valence-corrected chi connectivity index (χ1v) is 17.1. The summed E-state index contributed by atoms with van der Waals surface area (Å²) in [5.74, 6) is -0.258. The topological polar surface area (TPSA) is 122 Å². The van der Waals surface area contributed by atoms with Gasteiger partial charge in [-0.1, -0.05) is 66.2 Å². The molecule has 1 unspecified atom stereocenters. The van der Waals surface area contributed by atoms with Crippen LogP contribution in [0.2, 0.25) is 0 Å². The standard InChI is InChI=1S/C37H39N3O7S/c1-26-14-16-32(17-15-26)48(44,45)47-31-22-27(2)33(28(3)23-31)24-34(38-37(43)46-25-29-10-6-4-7-11-29)36(42)40-20-18-39(19-21-40)35(41)30-12-8-5-9-13-30/h4-17,22-23,34H,18-21,24-25H2,1-3H3,(H,38,43). The molecule has 1 heterocycles. The van der Waals surface area contributed by atoms with Gasteiger partial charge in [0, 0.05) is 38.2 Å². The number of nitrogens with one attached hydrogen (secondary N) is 1. The van der Waals surface area contributed by atoms with Crippen molar-refractivity contribution in [3.05, 3.63) is 130 Å². The highest BCUT2D eigenvalue weighted by Crippen LogP contribution is 2.27. The monoisotopic (exact) mass is 669 g/mol. The van der Waals surface area contributed by atoms with E-state index in [0.717, 1.165) is 16.7 Å². The second-order valence-corrected chi connectivity index (χ2v) is 13.4. The van der Waals surface area contributed by atoms with E-state index in [-0.39, 0.29) is 35.5 Å². The van der Waals surface area contributed by atoms with E-state index in [1.165, 1.54) is 12.1 Å². The van der Waals surface area contributed by atoms with Crippen molar-refractivity contribution in [2.75, 3.05) is 26.2 Å². The van der Waals surface area contributed by atoms with Gasteiger partial charge in [0.25, 0.3) is 5.91 Å². The van der Waals surface area contributed by atoms with Crippen molar-refractivity contribution in [3.63, 3.8) is 0 Å². The van der Waals surface area contributed by atoms with Crippen LogP contribution in [-0.4, -0.2) is 68.3 Å². The molecular formula is C37H39N3O7S. The largest absolute Gasteiger partial charge is 0.445 e. The molecule has 1 atom stereocenters. The lowest BCUT2D eigenvalue weighted by Crippen LogP contribution is -2.56. The Morgan fingerprint density at radius 2 is 1.33 bits per heavy atom. The lowest BCUT2D eigenvalue weighted by Gasteiger charge is -2.36.